The second-order valence-electron chi connectivity index (χ2n) is 1.74. The van der Waals surface area contributed by atoms with Crippen LogP contribution in [0.2, 0.25) is 0 Å². The maximum Gasteiger partial charge on any atom is 0.0962 e. The minimum absolute atomic E-state index is 0.287. The molecule has 0 bridgehead atoms. The highest BCUT2D eigenvalue weighted by Crippen LogP contribution is 1.72. The van der Waals surface area contributed by atoms with Crippen LogP contribution in [0.25, 0.3) is 0 Å². The Bertz CT molecular complexity index is 47.7. The van der Waals surface area contributed by atoms with E-state index in [4.69, 9.17) is 5.11 Å². The molecule has 0 radical (unpaired) electrons. The first-order valence-electron chi connectivity index (χ1n) is 2.65. The third-order valence-corrected chi connectivity index (χ3v) is 0.686. The van der Waals surface area contributed by atoms with Gasteiger partial charge in [0.1, 0.15) is 0 Å². The SMILES string of the molecule is COCNCC(C)O. The topological polar surface area (TPSA) is 41.5 Å². The average Bonchev–Trinajstić information content (AvgIpc) is 1.66. The Balaban J connectivity index is 2.72. The van der Waals surface area contributed by atoms with Crippen LogP contribution in [0.3, 0.4) is 0 Å². The van der Waals surface area contributed by atoms with Crippen LogP contribution in [0, 0.1) is 0 Å². The molecular weight excluding hydrogens is 106 g/mol. The number of hydrogen-bond acceptors (Lipinski definition) is 3. The predicted octanol–water partition coefficient (Wildman–Crippen LogP) is -0.439. The van der Waals surface area contributed by atoms with Crippen molar-refractivity contribution >= 4 is 0 Å². The van der Waals surface area contributed by atoms with E-state index in [0.29, 0.717) is 13.3 Å². The third-order valence-electron chi connectivity index (χ3n) is 0.686. The summed E-state index contributed by atoms with van der Waals surface area (Å²) in [5, 5.41) is 11.5. The van der Waals surface area contributed by atoms with Crippen LogP contribution in [0.4, 0.5) is 0 Å². The van der Waals surface area contributed by atoms with Gasteiger partial charge in [-0.3, -0.25) is 5.32 Å². The molecule has 3 heteroatoms. The number of methoxy groups -OCH3 is 1. The van der Waals surface area contributed by atoms with Gasteiger partial charge in [0.05, 0.1) is 12.8 Å². The van der Waals surface area contributed by atoms with Crippen molar-refractivity contribution in [1.29, 1.82) is 0 Å². The highest BCUT2D eigenvalue weighted by Gasteiger charge is 1.90. The van der Waals surface area contributed by atoms with Gasteiger partial charge in [-0.2, -0.15) is 0 Å². The first-order valence-corrected chi connectivity index (χ1v) is 2.65. The molecule has 0 amide bonds. The van der Waals surface area contributed by atoms with E-state index in [2.05, 4.69) is 10.1 Å². The largest absolute Gasteiger partial charge is 0.392 e. The minimum atomic E-state index is -0.287. The standard InChI is InChI=1S/C5H13NO2/c1-5(7)3-6-4-8-2/h5-7H,3-4H2,1-2H3. The second-order valence-corrected chi connectivity index (χ2v) is 1.74. The van der Waals surface area contributed by atoms with E-state index in [1.54, 1.807) is 14.0 Å². The van der Waals surface area contributed by atoms with E-state index in [0.717, 1.165) is 0 Å². The quantitative estimate of drug-likeness (QED) is 0.389. The molecule has 0 saturated carbocycles. The highest BCUT2D eigenvalue weighted by molar-refractivity contribution is 4.46. The second kappa shape index (κ2) is 5.03. The van der Waals surface area contributed by atoms with E-state index < -0.39 is 0 Å². The van der Waals surface area contributed by atoms with Gasteiger partial charge in [-0.1, -0.05) is 0 Å². The molecule has 0 heterocycles. The molecule has 8 heavy (non-hydrogen) atoms. The van der Waals surface area contributed by atoms with Crippen molar-refractivity contribution in [3.8, 4) is 0 Å². The predicted molar refractivity (Wildman–Crippen MR) is 31.6 cm³/mol. The maximum absolute atomic E-state index is 8.66. The average molecular weight is 119 g/mol. The number of aliphatic hydroxyl groups excluding tert-OH is 1. The molecule has 0 aliphatic rings. The zero-order valence-corrected chi connectivity index (χ0v) is 5.35. The van der Waals surface area contributed by atoms with Gasteiger partial charge in [0, 0.05) is 13.7 Å². The smallest absolute Gasteiger partial charge is 0.0962 e. The van der Waals surface area contributed by atoms with Gasteiger partial charge in [0.15, 0.2) is 0 Å². The van der Waals surface area contributed by atoms with Crippen molar-refractivity contribution in [2.75, 3.05) is 20.4 Å². The Morgan fingerprint density at radius 1 is 1.75 bits per heavy atom. The van der Waals surface area contributed by atoms with Crippen LogP contribution in [-0.4, -0.2) is 31.6 Å². The fraction of sp³-hybridized carbons (Fsp3) is 1.00. The molecule has 0 spiro atoms. The highest BCUT2D eigenvalue weighted by atomic mass is 16.5. The number of hydrogen-bond donors (Lipinski definition) is 2. The molecule has 0 aromatic rings. The molecule has 1 unspecified atom stereocenters. The van der Waals surface area contributed by atoms with Gasteiger partial charge in [-0.05, 0) is 6.92 Å². The van der Waals surface area contributed by atoms with Gasteiger partial charge < -0.3 is 9.84 Å². The molecule has 50 valence electrons. The van der Waals surface area contributed by atoms with Crippen molar-refractivity contribution in [3.05, 3.63) is 0 Å². The van der Waals surface area contributed by atoms with Gasteiger partial charge in [-0.15, -0.1) is 0 Å². The summed E-state index contributed by atoms with van der Waals surface area (Å²) in [5.74, 6) is 0. The summed E-state index contributed by atoms with van der Waals surface area (Å²) >= 11 is 0. The van der Waals surface area contributed by atoms with E-state index in [9.17, 15) is 0 Å². The fourth-order valence-corrected chi connectivity index (χ4v) is 0.370. The van der Waals surface area contributed by atoms with Gasteiger partial charge >= 0.3 is 0 Å². The summed E-state index contributed by atoms with van der Waals surface area (Å²) in [6.45, 7) is 2.82. The number of ether oxygens (including phenoxy) is 1. The number of aliphatic hydroxyl groups is 1. The summed E-state index contributed by atoms with van der Waals surface area (Å²) in [4.78, 5) is 0. The van der Waals surface area contributed by atoms with Crippen molar-refractivity contribution in [1.82, 2.24) is 5.32 Å². The molecule has 0 aromatic heterocycles. The van der Waals surface area contributed by atoms with Crippen molar-refractivity contribution in [2.45, 2.75) is 13.0 Å². The molecule has 0 saturated heterocycles. The lowest BCUT2D eigenvalue weighted by Crippen LogP contribution is -2.25. The van der Waals surface area contributed by atoms with Gasteiger partial charge in [-0.25, -0.2) is 0 Å². The van der Waals surface area contributed by atoms with Gasteiger partial charge in [0.2, 0.25) is 0 Å². The molecule has 0 rings (SSSR count). The zero-order chi connectivity index (χ0) is 6.41. The molecule has 0 aliphatic carbocycles. The Morgan fingerprint density at radius 2 is 2.38 bits per heavy atom. The van der Waals surface area contributed by atoms with Crippen molar-refractivity contribution in [2.24, 2.45) is 0 Å². The van der Waals surface area contributed by atoms with Crippen molar-refractivity contribution < 1.29 is 9.84 Å². The number of rotatable bonds is 4. The molecule has 3 nitrogen and oxygen atoms in total. The van der Waals surface area contributed by atoms with E-state index >= 15 is 0 Å². The van der Waals surface area contributed by atoms with Crippen LogP contribution in [0.15, 0.2) is 0 Å². The Hall–Kier alpha value is -0.120. The molecule has 2 N–H and O–H groups in total. The lowest BCUT2D eigenvalue weighted by atomic mass is 10.4. The first kappa shape index (κ1) is 7.88. The van der Waals surface area contributed by atoms with Crippen LogP contribution in [-0.2, 0) is 4.74 Å². The fourth-order valence-electron chi connectivity index (χ4n) is 0.370. The maximum atomic E-state index is 8.66. The zero-order valence-electron chi connectivity index (χ0n) is 5.35. The van der Waals surface area contributed by atoms with Crippen LogP contribution in [0.5, 0.6) is 0 Å². The Morgan fingerprint density at radius 3 is 2.75 bits per heavy atom. The Labute approximate surface area is 49.7 Å². The minimum Gasteiger partial charge on any atom is -0.392 e. The first-order chi connectivity index (χ1) is 3.77. The van der Waals surface area contributed by atoms with Crippen LogP contribution in [0.1, 0.15) is 6.92 Å². The van der Waals surface area contributed by atoms with E-state index in [1.165, 1.54) is 0 Å². The molecule has 1 atom stereocenters. The molecule has 0 aromatic carbocycles. The summed E-state index contributed by atoms with van der Waals surface area (Å²) < 4.78 is 4.67. The van der Waals surface area contributed by atoms with Crippen molar-refractivity contribution in [3.63, 3.8) is 0 Å². The van der Waals surface area contributed by atoms with E-state index in [1.807, 2.05) is 0 Å². The Kier molecular flexibility index (Phi) is 4.95. The summed E-state index contributed by atoms with van der Waals surface area (Å²) in [5.41, 5.74) is 0. The van der Waals surface area contributed by atoms with E-state index in [-0.39, 0.29) is 6.10 Å². The lowest BCUT2D eigenvalue weighted by Gasteiger charge is -2.03. The summed E-state index contributed by atoms with van der Waals surface area (Å²) in [6, 6.07) is 0. The van der Waals surface area contributed by atoms with Crippen LogP contribution >= 0.6 is 0 Å². The lowest BCUT2D eigenvalue weighted by molar-refractivity contribution is 0.140. The number of nitrogens with one attached hydrogen (secondary N) is 1. The molecular formula is C5H13NO2. The normalized spacial score (nSPS) is 13.9. The monoisotopic (exact) mass is 119 g/mol. The molecule has 0 fully saturated rings. The third kappa shape index (κ3) is 5.88. The van der Waals surface area contributed by atoms with Gasteiger partial charge in [0.25, 0.3) is 0 Å². The molecule has 0 aliphatic heterocycles. The summed E-state index contributed by atoms with van der Waals surface area (Å²) in [7, 11) is 1.61. The van der Waals surface area contributed by atoms with Crippen LogP contribution < -0.4 is 5.32 Å². The summed E-state index contributed by atoms with van der Waals surface area (Å²) in [6.07, 6.45) is -0.287.